The van der Waals surface area contributed by atoms with Crippen LogP contribution in [-0.4, -0.2) is 16.0 Å². The highest BCUT2D eigenvalue weighted by Gasteiger charge is 2.10. The molecule has 3 aromatic carbocycles. The van der Waals surface area contributed by atoms with Gasteiger partial charge in [0, 0.05) is 22.9 Å². The first-order valence-electron chi connectivity index (χ1n) is 8.68. The zero-order valence-electron chi connectivity index (χ0n) is 14.8. The molecule has 4 rings (SSSR count). The molecule has 5 heteroatoms. The molecule has 4 nitrogen and oxygen atoms in total. The van der Waals surface area contributed by atoms with E-state index in [4.69, 9.17) is 22.0 Å². The van der Waals surface area contributed by atoms with Crippen LogP contribution >= 0.6 is 11.6 Å². The molecule has 1 heterocycles. The van der Waals surface area contributed by atoms with E-state index in [1.807, 2.05) is 77.5 Å². The molecule has 0 unspecified atom stereocenters. The van der Waals surface area contributed by atoms with Gasteiger partial charge in [0.25, 0.3) is 0 Å². The van der Waals surface area contributed by atoms with E-state index in [2.05, 4.69) is 11.1 Å². The van der Waals surface area contributed by atoms with Gasteiger partial charge in [0.2, 0.25) is 0 Å². The lowest BCUT2D eigenvalue weighted by Crippen LogP contribution is -1.96. The van der Waals surface area contributed by atoms with Crippen LogP contribution in [0.15, 0.2) is 89.9 Å². The molecule has 1 aromatic heterocycles. The topological polar surface area (TPSA) is 54.0 Å². The van der Waals surface area contributed by atoms with Gasteiger partial charge in [-0.15, -0.1) is 0 Å². The molecule has 134 valence electrons. The minimum Gasteiger partial charge on any atom is -0.236 e. The third kappa shape index (κ3) is 3.85. The van der Waals surface area contributed by atoms with Gasteiger partial charge in [0.05, 0.1) is 23.0 Å². The van der Waals surface area contributed by atoms with Crippen molar-refractivity contribution in [2.75, 3.05) is 0 Å². The summed E-state index contributed by atoms with van der Waals surface area (Å²) >= 11 is 6.00. The molecule has 0 N–H and O–H groups in total. The molecule has 0 bridgehead atoms. The minimum absolute atomic E-state index is 0.622. The van der Waals surface area contributed by atoms with Crippen molar-refractivity contribution in [1.29, 1.82) is 5.26 Å². The zero-order valence-corrected chi connectivity index (χ0v) is 15.6. The van der Waals surface area contributed by atoms with Gasteiger partial charge in [0.15, 0.2) is 5.82 Å². The third-order valence-corrected chi connectivity index (χ3v) is 4.47. The predicted octanol–water partition coefficient (Wildman–Crippen LogP) is 5.81. The molecule has 4 aromatic rings. The van der Waals surface area contributed by atoms with Crippen LogP contribution in [0.25, 0.3) is 16.9 Å². The highest BCUT2D eigenvalue weighted by Crippen LogP contribution is 2.27. The lowest BCUT2D eigenvalue weighted by Gasteiger charge is -2.03. The van der Waals surface area contributed by atoms with Crippen LogP contribution in [-0.2, 0) is 0 Å². The van der Waals surface area contributed by atoms with E-state index in [9.17, 15) is 0 Å². The second-order valence-corrected chi connectivity index (χ2v) is 6.57. The fourth-order valence-corrected chi connectivity index (χ4v) is 2.89. The largest absolute Gasteiger partial charge is 0.236 e. The van der Waals surface area contributed by atoms with Gasteiger partial charge >= 0.3 is 0 Å². The minimum atomic E-state index is 0.622. The average Bonchev–Trinajstić information content (AvgIpc) is 3.18. The smallest absolute Gasteiger partial charge is 0.156 e. The number of halogens is 1. The van der Waals surface area contributed by atoms with Gasteiger partial charge in [-0.3, -0.25) is 0 Å². The molecule has 0 aliphatic heterocycles. The number of hydrogen-bond donors (Lipinski definition) is 0. The number of benzene rings is 3. The van der Waals surface area contributed by atoms with Crippen molar-refractivity contribution in [3.05, 3.63) is 101 Å². The second-order valence-electron chi connectivity index (χ2n) is 6.13. The van der Waals surface area contributed by atoms with E-state index in [1.165, 1.54) is 0 Å². The van der Waals surface area contributed by atoms with Crippen molar-refractivity contribution in [3.8, 4) is 23.0 Å². The van der Waals surface area contributed by atoms with Crippen LogP contribution in [0.4, 0.5) is 5.82 Å². The van der Waals surface area contributed by atoms with Crippen LogP contribution in [0.3, 0.4) is 0 Å². The molecule has 0 saturated carbocycles. The first-order chi connectivity index (χ1) is 13.7. The Morgan fingerprint density at radius 2 is 1.64 bits per heavy atom. The molecule has 0 aliphatic carbocycles. The van der Waals surface area contributed by atoms with Gasteiger partial charge in [-0.05, 0) is 42.0 Å². The predicted molar refractivity (Wildman–Crippen MR) is 112 cm³/mol. The van der Waals surface area contributed by atoms with Crippen molar-refractivity contribution in [2.24, 2.45) is 4.99 Å². The summed E-state index contributed by atoms with van der Waals surface area (Å²) in [6.45, 7) is 0. The molecule has 0 aliphatic rings. The quantitative estimate of drug-likeness (QED) is 0.418. The van der Waals surface area contributed by atoms with Crippen molar-refractivity contribution in [3.63, 3.8) is 0 Å². The van der Waals surface area contributed by atoms with Crippen molar-refractivity contribution in [2.45, 2.75) is 0 Å². The molecule has 0 spiro atoms. The van der Waals surface area contributed by atoms with Gasteiger partial charge in [0.1, 0.15) is 0 Å². The summed E-state index contributed by atoms with van der Waals surface area (Å²) in [5.41, 5.74) is 4.24. The third-order valence-electron chi connectivity index (χ3n) is 4.22. The molecule has 0 saturated heterocycles. The van der Waals surface area contributed by atoms with Gasteiger partial charge in [-0.25, -0.2) is 9.67 Å². The molecule has 0 fully saturated rings. The average molecular weight is 383 g/mol. The maximum Gasteiger partial charge on any atom is 0.156 e. The van der Waals surface area contributed by atoms with Crippen LogP contribution < -0.4 is 0 Å². The SMILES string of the molecule is N#Cc1ccc(/C=N/c2cc(-c3ccc(Cl)cc3)nn2-c2ccccc2)cc1. The summed E-state index contributed by atoms with van der Waals surface area (Å²) < 4.78 is 1.81. The monoisotopic (exact) mass is 382 g/mol. The van der Waals surface area contributed by atoms with Gasteiger partial charge < -0.3 is 0 Å². The maximum atomic E-state index is 8.92. The number of aliphatic imine (C=N–C) groups is 1. The van der Waals surface area contributed by atoms with Crippen molar-refractivity contribution < 1.29 is 0 Å². The summed E-state index contributed by atoms with van der Waals surface area (Å²) in [7, 11) is 0. The van der Waals surface area contributed by atoms with Crippen LogP contribution in [0.5, 0.6) is 0 Å². The molecule has 0 atom stereocenters. The lowest BCUT2D eigenvalue weighted by molar-refractivity contribution is 0.885. The Bertz CT molecular complexity index is 1150. The number of para-hydroxylation sites is 1. The Morgan fingerprint density at radius 1 is 0.929 bits per heavy atom. The van der Waals surface area contributed by atoms with E-state index < -0.39 is 0 Å². The second kappa shape index (κ2) is 7.91. The highest BCUT2D eigenvalue weighted by molar-refractivity contribution is 6.30. The number of aromatic nitrogens is 2. The molecule has 28 heavy (non-hydrogen) atoms. The molecular formula is C23H15ClN4. The van der Waals surface area contributed by atoms with Crippen LogP contribution in [0.1, 0.15) is 11.1 Å². The Kier molecular flexibility index (Phi) is 5.01. The summed E-state index contributed by atoms with van der Waals surface area (Å²) in [4.78, 5) is 4.64. The molecule has 0 amide bonds. The maximum absolute atomic E-state index is 8.92. The van der Waals surface area contributed by atoms with E-state index in [0.717, 1.165) is 22.5 Å². The van der Waals surface area contributed by atoms with Gasteiger partial charge in [-0.1, -0.05) is 54.1 Å². The van der Waals surface area contributed by atoms with E-state index in [0.29, 0.717) is 16.4 Å². The van der Waals surface area contributed by atoms with Crippen molar-refractivity contribution in [1.82, 2.24) is 9.78 Å². The zero-order chi connectivity index (χ0) is 19.3. The summed E-state index contributed by atoms with van der Waals surface area (Å²) in [5.74, 6) is 0.709. The van der Waals surface area contributed by atoms with Crippen LogP contribution in [0, 0.1) is 11.3 Å². The van der Waals surface area contributed by atoms with Crippen molar-refractivity contribution >= 4 is 23.6 Å². The van der Waals surface area contributed by atoms with E-state index in [-0.39, 0.29) is 0 Å². The Morgan fingerprint density at radius 3 is 2.32 bits per heavy atom. The van der Waals surface area contributed by atoms with Gasteiger partial charge in [-0.2, -0.15) is 10.4 Å². The van der Waals surface area contributed by atoms with E-state index >= 15 is 0 Å². The fourth-order valence-electron chi connectivity index (χ4n) is 2.77. The summed E-state index contributed by atoms with van der Waals surface area (Å²) in [6, 6.07) is 28.8. The first-order valence-corrected chi connectivity index (χ1v) is 9.06. The first kappa shape index (κ1) is 17.7. The number of rotatable bonds is 4. The standard InChI is InChI=1S/C23H15ClN4/c24-20-12-10-19(11-13-20)22-14-23(28(27-22)21-4-2-1-3-5-21)26-16-18-8-6-17(15-25)7-9-18/h1-14,16H/b26-16+. The Balaban J connectivity index is 1.74. The normalized spacial score (nSPS) is 10.9. The Labute approximate surface area is 168 Å². The number of hydrogen-bond acceptors (Lipinski definition) is 3. The highest BCUT2D eigenvalue weighted by atomic mass is 35.5. The molecular weight excluding hydrogens is 368 g/mol. The number of nitriles is 1. The van der Waals surface area contributed by atoms with E-state index in [1.54, 1.807) is 18.3 Å². The fraction of sp³-hybridized carbons (Fsp3) is 0. The Hall–Kier alpha value is -3.68. The number of nitrogens with zero attached hydrogens (tertiary/aromatic N) is 4. The van der Waals surface area contributed by atoms with Crippen LogP contribution in [0.2, 0.25) is 5.02 Å². The summed E-state index contributed by atoms with van der Waals surface area (Å²) in [5, 5.41) is 14.3. The lowest BCUT2D eigenvalue weighted by atomic mass is 10.1. The summed E-state index contributed by atoms with van der Waals surface area (Å²) in [6.07, 6.45) is 1.77. The molecule has 0 radical (unpaired) electrons.